The maximum atomic E-state index is 5.89. The molecule has 1 heteroatoms. The Labute approximate surface area is 90.2 Å². The van der Waals surface area contributed by atoms with Gasteiger partial charge < -0.3 is 4.74 Å². The third-order valence-electron chi connectivity index (χ3n) is 2.67. The molecule has 0 aliphatic carbocycles. The molecule has 0 aliphatic heterocycles. The highest BCUT2D eigenvalue weighted by atomic mass is 16.5. The molecule has 0 aromatic rings. The molecule has 86 valence electrons. The van der Waals surface area contributed by atoms with E-state index in [0.29, 0.717) is 12.0 Å². The fourth-order valence-corrected chi connectivity index (χ4v) is 1.58. The van der Waals surface area contributed by atoms with E-state index >= 15 is 0 Å². The third kappa shape index (κ3) is 7.37. The minimum Gasteiger partial charge on any atom is -0.378 e. The Morgan fingerprint density at radius 2 is 1.57 bits per heavy atom. The molecule has 0 aromatic heterocycles. The topological polar surface area (TPSA) is 9.23 Å². The molecule has 0 radical (unpaired) electrons. The molecule has 0 aromatic carbocycles. The van der Waals surface area contributed by atoms with Gasteiger partial charge in [-0.2, -0.15) is 0 Å². The van der Waals surface area contributed by atoms with Gasteiger partial charge in [0.1, 0.15) is 0 Å². The highest BCUT2D eigenvalue weighted by Gasteiger charge is 2.12. The fraction of sp³-hybridized carbons (Fsp3) is 1.00. The van der Waals surface area contributed by atoms with E-state index in [2.05, 4.69) is 27.7 Å². The average molecular weight is 200 g/mol. The van der Waals surface area contributed by atoms with Crippen molar-refractivity contribution in [3.63, 3.8) is 0 Å². The molecule has 0 amide bonds. The van der Waals surface area contributed by atoms with Crippen LogP contribution < -0.4 is 0 Å². The number of unbranched alkanes of at least 4 members (excludes halogenated alkanes) is 3. The van der Waals surface area contributed by atoms with Crippen molar-refractivity contribution in [1.29, 1.82) is 0 Å². The molecule has 0 fully saturated rings. The van der Waals surface area contributed by atoms with Gasteiger partial charge in [-0.3, -0.25) is 0 Å². The van der Waals surface area contributed by atoms with Gasteiger partial charge in [-0.15, -0.1) is 0 Å². The van der Waals surface area contributed by atoms with Gasteiger partial charge in [0.05, 0.1) is 6.10 Å². The molecule has 1 nitrogen and oxygen atoms in total. The molecule has 0 rings (SSSR count). The summed E-state index contributed by atoms with van der Waals surface area (Å²) in [6.07, 6.45) is 8.16. The van der Waals surface area contributed by atoms with Crippen molar-refractivity contribution in [3.05, 3.63) is 0 Å². The zero-order valence-electron chi connectivity index (χ0n) is 10.5. The standard InChI is InChI=1S/C13H28O/c1-5-7-9-10-13(12(3)4)14-11-8-6-2/h12-13H,5-11H2,1-4H3. The third-order valence-corrected chi connectivity index (χ3v) is 2.67. The van der Waals surface area contributed by atoms with Crippen molar-refractivity contribution in [2.24, 2.45) is 5.92 Å². The lowest BCUT2D eigenvalue weighted by molar-refractivity contribution is 0.0138. The van der Waals surface area contributed by atoms with Crippen LogP contribution in [0.1, 0.15) is 66.2 Å². The highest BCUT2D eigenvalue weighted by Crippen LogP contribution is 2.15. The van der Waals surface area contributed by atoms with Crippen LogP contribution in [0, 0.1) is 5.92 Å². The van der Waals surface area contributed by atoms with Crippen LogP contribution in [-0.2, 0) is 4.74 Å². The van der Waals surface area contributed by atoms with Crippen molar-refractivity contribution in [1.82, 2.24) is 0 Å². The van der Waals surface area contributed by atoms with Crippen molar-refractivity contribution >= 4 is 0 Å². The summed E-state index contributed by atoms with van der Waals surface area (Å²) in [6, 6.07) is 0. The Morgan fingerprint density at radius 3 is 2.07 bits per heavy atom. The van der Waals surface area contributed by atoms with E-state index < -0.39 is 0 Å². The van der Waals surface area contributed by atoms with Crippen LogP contribution in [0.2, 0.25) is 0 Å². The van der Waals surface area contributed by atoms with E-state index in [0.717, 1.165) is 6.61 Å². The van der Waals surface area contributed by atoms with E-state index in [1.165, 1.54) is 38.5 Å². The molecule has 0 N–H and O–H groups in total. The summed E-state index contributed by atoms with van der Waals surface area (Å²) in [5.41, 5.74) is 0. The Kier molecular flexibility index (Phi) is 9.49. The summed E-state index contributed by atoms with van der Waals surface area (Å²) in [4.78, 5) is 0. The lowest BCUT2D eigenvalue weighted by Gasteiger charge is -2.21. The smallest absolute Gasteiger partial charge is 0.0598 e. The monoisotopic (exact) mass is 200 g/mol. The predicted molar refractivity (Wildman–Crippen MR) is 63.6 cm³/mol. The van der Waals surface area contributed by atoms with Crippen molar-refractivity contribution in [2.45, 2.75) is 72.3 Å². The van der Waals surface area contributed by atoms with Crippen LogP contribution in [0.15, 0.2) is 0 Å². The van der Waals surface area contributed by atoms with Crippen LogP contribution in [0.4, 0.5) is 0 Å². The van der Waals surface area contributed by atoms with Gasteiger partial charge in [0.15, 0.2) is 0 Å². The zero-order chi connectivity index (χ0) is 10.8. The summed E-state index contributed by atoms with van der Waals surface area (Å²) in [6.45, 7) is 9.95. The lowest BCUT2D eigenvalue weighted by Crippen LogP contribution is -2.20. The lowest BCUT2D eigenvalue weighted by atomic mass is 10.0. The molecule has 14 heavy (non-hydrogen) atoms. The summed E-state index contributed by atoms with van der Waals surface area (Å²) in [5, 5.41) is 0. The van der Waals surface area contributed by atoms with E-state index in [9.17, 15) is 0 Å². The first-order chi connectivity index (χ1) is 6.72. The molecular formula is C13H28O. The minimum atomic E-state index is 0.494. The van der Waals surface area contributed by atoms with Gasteiger partial charge in [-0.05, 0) is 18.8 Å². The van der Waals surface area contributed by atoms with Gasteiger partial charge in [0.25, 0.3) is 0 Å². The predicted octanol–water partition coefficient (Wildman–Crippen LogP) is 4.41. The number of hydrogen-bond acceptors (Lipinski definition) is 1. The largest absolute Gasteiger partial charge is 0.378 e. The van der Waals surface area contributed by atoms with Gasteiger partial charge in [-0.25, -0.2) is 0 Å². The molecule has 0 heterocycles. The van der Waals surface area contributed by atoms with Crippen molar-refractivity contribution < 1.29 is 4.74 Å². The second kappa shape index (κ2) is 9.51. The first kappa shape index (κ1) is 14.0. The second-order valence-electron chi connectivity index (χ2n) is 4.50. The van der Waals surface area contributed by atoms with E-state index in [-0.39, 0.29) is 0 Å². The minimum absolute atomic E-state index is 0.494. The SMILES string of the molecule is CCCCCC(OCCCC)C(C)C. The fourth-order valence-electron chi connectivity index (χ4n) is 1.58. The summed E-state index contributed by atoms with van der Waals surface area (Å²) in [5.74, 6) is 0.670. The quantitative estimate of drug-likeness (QED) is 0.501. The molecular weight excluding hydrogens is 172 g/mol. The Balaban J connectivity index is 3.55. The number of hydrogen-bond donors (Lipinski definition) is 0. The first-order valence-electron chi connectivity index (χ1n) is 6.33. The maximum Gasteiger partial charge on any atom is 0.0598 e. The maximum absolute atomic E-state index is 5.89. The molecule has 0 spiro atoms. The Bertz CT molecular complexity index is 99.8. The number of ether oxygens (including phenoxy) is 1. The Hall–Kier alpha value is -0.0400. The van der Waals surface area contributed by atoms with Crippen LogP contribution in [0.25, 0.3) is 0 Å². The number of rotatable bonds is 9. The van der Waals surface area contributed by atoms with E-state index in [1.807, 2.05) is 0 Å². The van der Waals surface area contributed by atoms with Crippen molar-refractivity contribution in [3.8, 4) is 0 Å². The first-order valence-corrected chi connectivity index (χ1v) is 6.33. The normalized spacial score (nSPS) is 13.5. The zero-order valence-corrected chi connectivity index (χ0v) is 10.5. The van der Waals surface area contributed by atoms with Crippen LogP contribution in [-0.4, -0.2) is 12.7 Å². The highest BCUT2D eigenvalue weighted by molar-refractivity contribution is 4.62. The molecule has 0 saturated heterocycles. The summed E-state index contributed by atoms with van der Waals surface area (Å²) < 4.78 is 5.89. The van der Waals surface area contributed by atoms with Crippen LogP contribution in [0.3, 0.4) is 0 Å². The molecule has 0 bridgehead atoms. The van der Waals surface area contributed by atoms with Crippen LogP contribution >= 0.6 is 0 Å². The summed E-state index contributed by atoms with van der Waals surface area (Å²) in [7, 11) is 0. The average Bonchev–Trinajstić information content (AvgIpc) is 2.15. The molecule has 1 atom stereocenters. The Morgan fingerprint density at radius 1 is 0.929 bits per heavy atom. The van der Waals surface area contributed by atoms with Crippen LogP contribution in [0.5, 0.6) is 0 Å². The molecule has 0 aliphatic rings. The molecule has 1 unspecified atom stereocenters. The van der Waals surface area contributed by atoms with E-state index in [4.69, 9.17) is 4.74 Å². The second-order valence-corrected chi connectivity index (χ2v) is 4.50. The van der Waals surface area contributed by atoms with Gasteiger partial charge in [0.2, 0.25) is 0 Å². The van der Waals surface area contributed by atoms with Gasteiger partial charge >= 0.3 is 0 Å². The van der Waals surface area contributed by atoms with E-state index in [1.54, 1.807) is 0 Å². The van der Waals surface area contributed by atoms with Gasteiger partial charge in [-0.1, -0.05) is 53.4 Å². The molecule has 0 saturated carbocycles. The summed E-state index contributed by atoms with van der Waals surface area (Å²) >= 11 is 0. The van der Waals surface area contributed by atoms with Gasteiger partial charge in [0, 0.05) is 6.61 Å². The van der Waals surface area contributed by atoms with Crippen molar-refractivity contribution in [2.75, 3.05) is 6.61 Å².